The molecule has 1 aromatic heterocycles. The number of fused-ring (bicyclic) bond motifs is 2. The molecule has 0 bridgehead atoms. The lowest BCUT2D eigenvalue weighted by Crippen LogP contribution is -2.39. The summed E-state index contributed by atoms with van der Waals surface area (Å²) in [7, 11) is 0. The highest BCUT2D eigenvalue weighted by Crippen LogP contribution is 2.54. The predicted molar refractivity (Wildman–Crippen MR) is 152 cm³/mol. The minimum Gasteiger partial charge on any atom is -0.341 e. The van der Waals surface area contributed by atoms with E-state index in [1.165, 1.54) is 16.7 Å². The van der Waals surface area contributed by atoms with Crippen LogP contribution >= 0.6 is 39.0 Å². The molecule has 3 atom stereocenters. The molecule has 0 aliphatic carbocycles. The van der Waals surface area contributed by atoms with Gasteiger partial charge in [0.15, 0.2) is 0 Å². The second kappa shape index (κ2) is 10.7. The van der Waals surface area contributed by atoms with Crippen LogP contribution in [0, 0.1) is 5.92 Å². The Morgan fingerprint density at radius 1 is 0.976 bits per heavy atom. The average Bonchev–Trinajstić information content (AvgIpc) is 3.39. The number of benzene rings is 2. The van der Waals surface area contributed by atoms with Crippen molar-refractivity contribution in [3.8, 4) is 0 Å². The molecule has 0 radical (unpaired) electrons. The van der Waals surface area contributed by atoms with Crippen LogP contribution in [-0.2, 0) is 27.1 Å². The van der Waals surface area contributed by atoms with E-state index in [9.17, 15) is 32.3 Å². The van der Waals surface area contributed by atoms with Crippen molar-refractivity contribution in [1.82, 2.24) is 9.47 Å². The van der Waals surface area contributed by atoms with Gasteiger partial charge in [-0.15, -0.1) is 0 Å². The third-order valence-corrected chi connectivity index (χ3v) is 10.8. The van der Waals surface area contributed by atoms with Gasteiger partial charge in [0.25, 0.3) is 0 Å². The number of hydrogen-bond donors (Lipinski definition) is 0. The molecular formula is C28H23BrF3N3O4S2. The van der Waals surface area contributed by atoms with Gasteiger partial charge in [-0.05, 0) is 49.1 Å². The summed E-state index contributed by atoms with van der Waals surface area (Å²) < 4.78 is 43.8. The normalized spacial score (nSPS) is 22.6. The summed E-state index contributed by atoms with van der Waals surface area (Å²) in [6.07, 6.45) is -1.97. The quantitative estimate of drug-likeness (QED) is 0.344. The van der Waals surface area contributed by atoms with Crippen molar-refractivity contribution in [2.24, 2.45) is 5.92 Å². The summed E-state index contributed by atoms with van der Waals surface area (Å²) in [5.74, 6) is -3.54. The summed E-state index contributed by atoms with van der Waals surface area (Å²) in [6, 6.07) is 11.6. The number of anilines is 1. The minimum absolute atomic E-state index is 0.205. The van der Waals surface area contributed by atoms with Crippen LogP contribution in [0.5, 0.6) is 0 Å². The van der Waals surface area contributed by atoms with Crippen LogP contribution in [0.4, 0.5) is 18.9 Å². The highest BCUT2D eigenvalue weighted by atomic mass is 79.9. The fraction of sp³-hybridized carbons (Fsp3) is 0.357. The molecule has 7 nitrogen and oxygen atoms in total. The number of piperidine rings is 1. The van der Waals surface area contributed by atoms with Crippen LogP contribution in [0.3, 0.4) is 0 Å². The van der Waals surface area contributed by atoms with E-state index in [0.29, 0.717) is 37.9 Å². The number of thiazole rings is 1. The highest BCUT2D eigenvalue weighted by Gasteiger charge is 2.57. The SMILES string of the molecule is O=C(Cn1c2c(sc1=O)[C@H](c1cccc(Br)c1)C1C(=O)N(c3ccccc3C(F)(F)F)C(=O)C1S2)N1CCCCC1. The Bertz CT molecular complexity index is 1620. The van der Waals surface area contributed by atoms with Crippen molar-refractivity contribution in [2.45, 2.75) is 48.2 Å². The van der Waals surface area contributed by atoms with Gasteiger partial charge in [-0.25, -0.2) is 4.90 Å². The van der Waals surface area contributed by atoms with Crippen LogP contribution in [-0.4, -0.2) is 45.5 Å². The van der Waals surface area contributed by atoms with Gasteiger partial charge in [0.1, 0.15) is 11.8 Å². The Hall–Kier alpha value is -2.90. The molecule has 3 amide bonds. The maximum Gasteiger partial charge on any atom is 0.418 e. The van der Waals surface area contributed by atoms with Crippen molar-refractivity contribution < 1.29 is 27.6 Å². The zero-order valence-electron chi connectivity index (χ0n) is 21.4. The van der Waals surface area contributed by atoms with Crippen LogP contribution in [0.2, 0.25) is 0 Å². The average molecular weight is 667 g/mol. The lowest BCUT2D eigenvalue weighted by Gasteiger charge is -2.31. The molecule has 0 N–H and O–H groups in total. The van der Waals surface area contributed by atoms with E-state index in [1.54, 1.807) is 29.2 Å². The number of amides is 3. The Labute approximate surface area is 249 Å². The van der Waals surface area contributed by atoms with Gasteiger partial charge in [-0.1, -0.05) is 63.3 Å². The van der Waals surface area contributed by atoms with Gasteiger partial charge in [0, 0.05) is 28.4 Å². The molecule has 2 unspecified atom stereocenters. The second-order valence-electron chi connectivity index (χ2n) is 10.2. The maximum atomic E-state index is 14.0. The number of imide groups is 1. The fourth-order valence-corrected chi connectivity index (χ4v) is 9.03. The number of nitrogens with zero attached hydrogens (tertiary/aromatic N) is 3. The molecule has 6 rings (SSSR count). The summed E-state index contributed by atoms with van der Waals surface area (Å²) >= 11 is 5.34. The molecule has 41 heavy (non-hydrogen) atoms. The van der Waals surface area contributed by atoms with E-state index in [1.807, 2.05) is 0 Å². The molecule has 214 valence electrons. The molecule has 0 saturated carbocycles. The number of rotatable bonds is 4. The summed E-state index contributed by atoms with van der Waals surface area (Å²) in [6.45, 7) is 1.01. The molecule has 3 aliphatic heterocycles. The standard InChI is InChI=1S/C28H23BrF3N3O4S2/c29-16-8-6-7-15(13-16)20-21-22(25(38)35(24(21)37)18-10-3-2-9-17(18)28(30,31)32)40-26-23(20)41-27(39)34(26)14-19(36)33-11-4-1-5-12-33/h2-3,6-10,13,20-22H,1,4-5,11-12,14H2/t20-,21?,22?/m1/s1. The lowest BCUT2D eigenvalue weighted by molar-refractivity contribution is -0.137. The monoisotopic (exact) mass is 665 g/mol. The third kappa shape index (κ3) is 4.95. The molecule has 13 heteroatoms. The first-order chi connectivity index (χ1) is 19.6. The molecule has 3 aromatic rings. The zero-order valence-corrected chi connectivity index (χ0v) is 24.6. The molecule has 2 fully saturated rings. The van der Waals surface area contributed by atoms with Crippen molar-refractivity contribution in [3.63, 3.8) is 0 Å². The molecule has 2 aromatic carbocycles. The van der Waals surface area contributed by atoms with Gasteiger partial charge in [-0.3, -0.25) is 23.7 Å². The number of thioether (sulfide) groups is 1. The van der Waals surface area contributed by atoms with Crippen LogP contribution in [0.15, 0.2) is 62.8 Å². The smallest absolute Gasteiger partial charge is 0.341 e. The topological polar surface area (TPSA) is 79.7 Å². The van der Waals surface area contributed by atoms with E-state index in [4.69, 9.17) is 0 Å². The Morgan fingerprint density at radius 3 is 2.41 bits per heavy atom. The van der Waals surface area contributed by atoms with E-state index in [2.05, 4.69) is 15.9 Å². The van der Waals surface area contributed by atoms with Crippen LogP contribution < -0.4 is 9.77 Å². The lowest BCUT2D eigenvalue weighted by atomic mass is 9.83. The van der Waals surface area contributed by atoms with Gasteiger partial charge < -0.3 is 4.90 Å². The van der Waals surface area contributed by atoms with E-state index < -0.39 is 46.3 Å². The Balaban J connectivity index is 1.46. The van der Waals surface area contributed by atoms with Crippen molar-refractivity contribution in [2.75, 3.05) is 18.0 Å². The van der Waals surface area contributed by atoms with E-state index >= 15 is 0 Å². The number of hydrogen-bond acceptors (Lipinski definition) is 6. The molecule has 0 spiro atoms. The number of carbonyl (C=O) groups is 3. The first-order valence-corrected chi connectivity index (χ1v) is 15.5. The third-order valence-electron chi connectivity index (χ3n) is 7.71. The molecular weight excluding hydrogens is 643 g/mol. The van der Waals surface area contributed by atoms with E-state index in [0.717, 1.165) is 54.5 Å². The first-order valence-electron chi connectivity index (χ1n) is 13.0. The maximum absolute atomic E-state index is 14.0. The number of halogens is 4. The van der Waals surface area contributed by atoms with Crippen LogP contribution in [0.25, 0.3) is 0 Å². The Morgan fingerprint density at radius 2 is 1.71 bits per heavy atom. The van der Waals surface area contributed by atoms with Gasteiger partial charge in [0.05, 0.1) is 22.2 Å². The second-order valence-corrected chi connectivity index (χ2v) is 13.2. The molecule has 4 heterocycles. The number of alkyl halides is 3. The van der Waals surface area contributed by atoms with Crippen LogP contribution in [0.1, 0.15) is 41.2 Å². The first kappa shape index (κ1) is 28.2. The van der Waals surface area contributed by atoms with Gasteiger partial charge in [-0.2, -0.15) is 13.2 Å². The molecule has 2 saturated heterocycles. The number of likely N-dealkylation sites (tertiary alicyclic amines) is 1. The largest absolute Gasteiger partial charge is 0.418 e. The predicted octanol–water partition coefficient (Wildman–Crippen LogP) is 5.50. The van der Waals surface area contributed by atoms with Crippen molar-refractivity contribution in [1.29, 1.82) is 0 Å². The molecule has 3 aliphatic rings. The van der Waals surface area contributed by atoms with E-state index in [-0.39, 0.29) is 17.3 Å². The van der Waals surface area contributed by atoms with Gasteiger partial charge in [0.2, 0.25) is 17.7 Å². The number of carbonyl (C=O) groups excluding carboxylic acids is 3. The fourth-order valence-electron chi connectivity index (χ4n) is 5.84. The van der Waals surface area contributed by atoms with Gasteiger partial charge >= 0.3 is 11.0 Å². The summed E-state index contributed by atoms with van der Waals surface area (Å²) in [5.41, 5.74) is -0.957. The zero-order chi connectivity index (χ0) is 29.1. The number of aromatic nitrogens is 1. The minimum atomic E-state index is -4.78. The van der Waals surface area contributed by atoms with Crippen molar-refractivity contribution in [3.05, 3.63) is 78.7 Å². The summed E-state index contributed by atoms with van der Waals surface area (Å²) in [4.78, 5) is 56.7. The van der Waals surface area contributed by atoms with Crippen molar-refractivity contribution >= 4 is 62.4 Å². The number of para-hydroxylation sites is 1. The highest BCUT2D eigenvalue weighted by molar-refractivity contribution is 9.10. The summed E-state index contributed by atoms with van der Waals surface area (Å²) in [5, 5.41) is -0.672. The Kier molecular flexibility index (Phi) is 7.39.